The summed E-state index contributed by atoms with van der Waals surface area (Å²) in [7, 11) is 1.49. The van der Waals surface area contributed by atoms with Gasteiger partial charge in [-0.25, -0.2) is 0 Å². The van der Waals surface area contributed by atoms with Gasteiger partial charge in [0.05, 0.1) is 11.6 Å². The fourth-order valence-corrected chi connectivity index (χ4v) is 3.31. The normalized spacial score (nSPS) is 10.4. The van der Waals surface area contributed by atoms with E-state index in [9.17, 15) is 9.59 Å². The third-order valence-corrected chi connectivity index (χ3v) is 4.86. The molecule has 2 aromatic rings. The van der Waals surface area contributed by atoms with E-state index < -0.39 is 5.97 Å². The highest BCUT2D eigenvalue weighted by Crippen LogP contribution is 2.39. The van der Waals surface area contributed by atoms with Gasteiger partial charge in [-0.1, -0.05) is 0 Å². The van der Waals surface area contributed by atoms with Crippen LogP contribution >= 0.6 is 27.3 Å². The first-order chi connectivity index (χ1) is 9.92. The van der Waals surface area contributed by atoms with E-state index in [1.165, 1.54) is 35.4 Å². The molecule has 2 N–H and O–H groups in total. The van der Waals surface area contributed by atoms with Crippen LogP contribution < -0.4 is 10.1 Å². The summed E-state index contributed by atoms with van der Waals surface area (Å²) >= 11 is 4.66. The van der Waals surface area contributed by atoms with E-state index in [4.69, 9.17) is 9.84 Å². The molecule has 0 saturated heterocycles. The predicted octanol–water partition coefficient (Wildman–Crippen LogP) is 2.36. The van der Waals surface area contributed by atoms with Crippen LogP contribution in [0.1, 0.15) is 14.5 Å². The Balaban J connectivity index is 2.16. The van der Waals surface area contributed by atoms with Gasteiger partial charge in [-0.05, 0) is 22.9 Å². The van der Waals surface area contributed by atoms with Crippen molar-refractivity contribution in [2.75, 3.05) is 12.4 Å². The number of thiophene rings is 1. The number of rotatable bonds is 5. The molecule has 0 aromatic carbocycles. The molecule has 0 radical (unpaired) electrons. The fourth-order valence-electron chi connectivity index (χ4n) is 1.66. The number of carboxylic acids is 1. The summed E-state index contributed by atoms with van der Waals surface area (Å²) in [6.45, 7) is 1.61. The summed E-state index contributed by atoms with van der Waals surface area (Å²) in [4.78, 5) is 24.2. The van der Waals surface area contributed by atoms with Crippen LogP contribution in [-0.4, -0.2) is 33.9 Å². The average Bonchev–Trinajstić information content (AvgIpc) is 2.95. The minimum atomic E-state index is -1.00. The van der Waals surface area contributed by atoms with Crippen molar-refractivity contribution in [1.82, 2.24) is 9.78 Å². The molecule has 9 heteroatoms. The lowest BCUT2D eigenvalue weighted by Gasteiger charge is -2.03. The zero-order chi connectivity index (χ0) is 15.6. The van der Waals surface area contributed by atoms with Gasteiger partial charge in [0.15, 0.2) is 11.6 Å². The molecule has 21 heavy (non-hydrogen) atoms. The largest absolute Gasteiger partial charge is 0.494 e. The number of carboxylic acid groups (broad SMARTS) is 1. The predicted molar refractivity (Wildman–Crippen MR) is 81.1 cm³/mol. The van der Waals surface area contributed by atoms with E-state index in [-0.39, 0.29) is 18.3 Å². The van der Waals surface area contributed by atoms with E-state index in [2.05, 4.69) is 26.3 Å². The molecule has 0 bridgehead atoms. The van der Waals surface area contributed by atoms with Crippen molar-refractivity contribution in [3.63, 3.8) is 0 Å². The number of aliphatic carboxylic acids is 1. The van der Waals surface area contributed by atoms with Crippen LogP contribution in [0.25, 0.3) is 0 Å². The average molecular weight is 374 g/mol. The number of carbonyl (C=O) groups is 2. The van der Waals surface area contributed by atoms with Crippen LogP contribution in [0.2, 0.25) is 0 Å². The Hall–Kier alpha value is -1.87. The lowest BCUT2D eigenvalue weighted by atomic mass is 10.3. The first-order valence-corrected chi connectivity index (χ1v) is 7.42. The number of aryl methyl sites for hydroxylation is 1. The number of methoxy groups -OCH3 is 1. The van der Waals surface area contributed by atoms with Crippen molar-refractivity contribution in [3.05, 3.63) is 26.5 Å². The molecule has 0 atom stereocenters. The molecule has 2 aromatic heterocycles. The highest BCUT2D eigenvalue weighted by atomic mass is 79.9. The van der Waals surface area contributed by atoms with Crippen molar-refractivity contribution >= 4 is 45.0 Å². The molecule has 0 fully saturated rings. The number of carbonyl (C=O) groups excluding carboxylic acids is 1. The summed E-state index contributed by atoms with van der Waals surface area (Å²) in [5.41, 5.74) is 0. The Morgan fingerprint density at radius 3 is 2.90 bits per heavy atom. The number of amides is 1. The van der Waals surface area contributed by atoms with Crippen LogP contribution in [0.5, 0.6) is 5.75 Å². The van der Waals surface area contributed by atoms with Gasteiger partial charge in [0.1, 0.15) is 11.4 Å². The summed E-state index contributed by atoms with van der Waals surface area (Å²) in [6, 6.07) is 1.53. The van der Waals surface area contributed by atoms with Crippen molar-refractivity contribution in [3.8, 4) is 5.75 Å². The number of hydrogen-bond acceptors (Lipinski definition) is 5. The van der Waals surface area contributed by atoms with E-state index in [0.717, 1.165) is 9.35 Å². The number of nitrogens with one attached hydrogen (secondary N) is 1. The minimum absolute atomic E-state index is 0.261. The highest BCUT2D eigenvalue weighted by Gasteiger charge is 2.21. The summed E-state index contributed by atoms with van der Waals surface area (Å²) in [6.07, 6.45) is 1.48. The van der Waals surface area contributed by atoms with Crippen molar-refractivity contribution in [2.45, 2.75) is 13.5 Å². The Labute approximate surface area is 132 Å². The van der Waals surface area contributed by atoms with Crippen LogP contribution in [-0.2, 0) is 11.3 Å². The molecule has 0 aliphatic heterocycles. The number of ether oxygens (including phenoxy) is 1. The molecule has 112 valence electrons. The van der Waals surface area contributed by atoms with Crippen molar-refractivity contribution in [1.29, 1.82) is 0 Å². The zero-order valence-electron chi connectivity index (χ0n) is 11.2. The topological polar surface area (TPSA) is 93.5 Å². The number of nitrogens with zero attached hydrogens (tertiary/aromatic N) is 2. The van der Waals surface area contributed by atoms with Gasteiger partial charge in [-0.15, -0.1) is 11.3 Å². The SMILES string of the molecule is COc1c(C(=O)Nc2ccn(CC(=O)O)n2)sc(C)c1Br. The number of aromatic nitrogens is 2. The maximum Gasteiger partial charge on any atom is 0.325 e. The van der Waals surface area contributed by atoms with Gasteiger partial charge in [0, 0.05) is 17.1 Å². The summed E-state index contributed by atoms with van der Waals surface area (Å²) in [5, 5.41) is 15.2. The number of anilines is 1. The molecule has 0 saturated carbocycles. The van der Waals surface area contributed by atoms with E-state index in [1.54, 1.807) is 0 Å². The van der Waals surface area contributed by atoms with Gasteiger partial charge in [0.25, 0.3) is 5.91 Å². The molecule has 2 rings (SSSR count). The lowest BCUT2D eigenvalue weighted by molar-refractivity contribution is -0.137. The van der Waals surface area contributed by atoms with E-state index >= 15 is 0 Å². The van der Waals surface area contributed by atoms with Crippen molar-refractivity contribution in [2.24, 2.45) is 0 Å². The molecule has 0 spiro atoms. The molecule has 0 aliphatic carbocycles. The van der Waals surface area contributed by atoms with Gasteiger partial charge in [-0.2, -0.15) is 5.10 Å². The Bertz CT molecular complexity index is 695. The third kappa shape index (κ3) is 3.42. The van der Waals surface area contributed by atoms with E-state index in [1.807, 2.05) is 6.92 Å². The molecular formula is C12H12BrN3O4S. The van der Waals surface area contributed by atoms with Gasteiger partial charge < -0.3 is 15.2 Å². The van der Waals surface area contributed by atoms with Crippen molar-refractivity contribution < 1.29 is 19.4 Å². The third-order valence-electron chi connectivity index (χ3n) is 2.56. The van der Waals surface area contributed by atoms with Crippen LogP contribution in [0.4, 0.5) is 5.82 Å². The Morgan fingerprint density at radius 1 is 1.57 bits per heavy atom. The monoisotopic (exact) mass is 373 g/mol. The molecule has 2 heterocycles. The maximum atomic E-state index is 12.2. The minimum Gasteiger partial charge on any atom is -0.494 e. The zero-order valence-corrected chi connectivity index (χ0v) is 13.6. The summed E-state index contributed by atoms with van der Waals surface area (Å²) < 4.78 is 7.19. The first kappa shape index (κ1) is 15.5. The summed E-state index contributed by atoms with van der Waals surface area (Å²) in [5.74, 6) is -0.605. The van der Waals surface area contributed by atoms with E-state index in [0.29, 0.717) is 10.6 Å². The molecule has 1 amide bonds. The Kier molecular flexibility index (Phi) is 4.63. The van der Waals surface area contributed by atoms with Gasteiger partial charge in [0.2, 0.25) is 0 Å². The highest BCUT2D eigenvalue weighted by molar-refractivity contribution is 9.10. The van der Waals surface area contributed by atoms with Crippen LogP contribution in [0.15, 0.2) is 16.7 Å². The molecular weight excluding hydrogens is 362 g/mol. The molecule has 7 nitrogen and oxygen atoms in total. The fraction of sp³-hybridized carbons (Fsp3) is 0.250. The molecule has 0 aliphatic rings. The second-order valence-corrected chi connectivity index (χ2v) is 6.10. The smallest absolute Gasteiger partial charge is 0.325 e. The van der Waals surface area contributed by atoms with Gasteiger partial charge in [-0.3, -0.25) is 14.3 Å². The van der Waals surface area contributed by atoms with Gasteiger partial charge >= 0.3 is 5.97 Å². The second-order valence-electron chi connectivity index (χ2n) is 4.08. The lowest BCUT2D eigenvalue weighted by Crippen LogP contribution is -2.13. The Morgan fingerprint density at radius 2 is 2.29 bits per heavy atom. The quantitative estimate of drug-likeness (QED) is 0.838. The number of halogens is 1. The maximum absolute atomic E-state index is 12.2. The van der Waals surface area contributed by atoms with Crippen LogP contribution in [0.3, 0.4) is 0 Å². The number of hydrogen-bond donors (Lipinski definition) is 2. The molecule has 0 unspecified atom stereocenters. The second kappa shape index (κ2) is 6.27. The van der Waals surface area contributed by atoms with Crippen LogP contribution in [0, 0.1) is 6.92 Å². The standard InChI is InChI=1S/C12H12BrN3O4S/c1-6-9(13)10(20-2)11(21-6)12(19)14-7-3-4-16(15-7)5-8(17)18/h3-4H,5H2,1-2H3,(H,17,18)(H,14,15,19). The first-order valence-electron chi connectivity index (χ1n) is 5.82.